The zero-order valence-electron chi connectivity index (χ0n) is 9.88. The smallest absolute Gasteiger partial charge is 0.220 e. The van der Waals surface area contributed by atoms with Gasteiger partial charge < -0.3 is 15.4 Å². The summed E-state index contributed by atoms with van der Waals surface area (Å²) in [6.07, 6.45) is 1.62. The SMILES string of the molecule is COCC(NCC1CCC(=O)N1)C(C)C. The Morgan fingerprint density at radius 2 is 2.33 bits per heavy atom. The highest BCUT2D eigenvalue weighted by atomic mass is 16.5. The molecule has 4 heteroatoms. The minimum Gasteiger partial charge on any atom is -0.383 e. The molecule has 2 atom stereocenters. The summed E-state index contributed by atoms with van der Waals surface area (Å²) in [7, 11) is 1.72. The molecule has 1 saturated heterocycles. The van der Waals surface area contributed by atoms with Gasteiger partial charge in [-0.1, -0.05) is 13.8 Å². The van der Waals surface area contributed by atoms with Gasteiger partial charge in [0.25, 0.3) is 0 Å². The number of carbonyl (C=O) groups is 1. The lowest BCUT2D eigenvalue weighted by Crippen LogP contribution is -2.44. The van der Waals surface area contributed by atoms with Crippen LogP contribution in [-0.4, -0.2) is 38.3 Å². The molecule has 0 saturated carbocycles. The Morgan fingerprint density at radius 3 is 2.80 bits per heavy atom. The molecule has 0 radical (unpaired) electrons. The highest BCUT2D eigenvalue weighted by molar-refractivity contribution is 5.78. The van der Waals surface area contributed by atoms with E-state index < -0.39 is 0 Å². The monoisotopic (exact) mass is 214 g/mol. The first-order valence-corrected chi connectivity index (χ1v) is 5.65. The van der Waals surface area contributed by atoms with Gasteiger partial charge in [0.05, 0.1) is 6.61 Å². The van der Waals surface area contributed by atoms with E-state index in [4.69, 9.17) is 4.74 Å². The van der Waals surface area contributed by atoms with Crippen molar-refractivity contribution in [2.45, 2.75) is 38.8 Å². The fourth-order valence-electron chi connectivity index (χ4n) is 1.79. The Balaban J connectivity index is 2.24. The highest BCUT2D eigenvalue weighted by Crippen LogP contribution is 2.07. The zero-order chi connectivity index (χ0) is 11.3. The second-order valence-electron chi connectivity index (χ2n) is 4.52. The summed E-state index contributed by atoms with van der Waals surface area (Å²) in [4.78, 5) is 11.0. The summed E-state index contributed by atoms with van der Waals surface area (Å²) in [6, 6.07) is 0.670. The van der Waals surface area contributed by atoms with Crippen LogP contribution in [0.1, 0.15) is 26.7 Å². The molecule has 1 aliphatic heterocycles. The Kier molecular flexibility index (Phi) is 5.05. The molecule has 2 unspecified atom stereocenters. The maximum absolute atomic E-state index is 11.0. The lowest BCUT2D eigenvalue weighted by Gasteiger charge is -2.23. The summed E-state index contributed by atoms with van der Waals surface area (Å²) < 4.78 is 5.15. The van der Waals surface area contributed by atoms with Crippen LogP contribution in [0.2, 0.25) is 0 Å². The van der Waals surface area contributed by atoms with Crippen LogP contribution in [0.25, 0.3) is 0 Å². The number of carbonyl (C=O) groups excluding carboxylic acids is 1. The predicted molar refractivity (Wildman–Crippen MR) is 59.7 cm³/mol. The summed E-state index contributed by atoms with van der Waals surface area (Å²) in [5.74, 6) is 0.719. The maximum Gasteiger partial charge on any atom is 0.220 e. The lowest BCUT2D eigenvalue weighted by atomic mass is 10.0. The van der Waals surface area contributed by atoms with Crippen molar-refractivity contribution in [1.82, 2.24) is 10.6 Å². The Labute approximate surface area is 91.8 Å². The van der Waals surface area contributed by atoms with Gasteiger partial charge in [0.2, 0.25) is 5.91 Å². The molecule has 1 rings (SSSR count). The van der Waals surface area contributed by atoms with Gasteiger partial charge in [-0.25, -0.2) is 0 Å². The molecule has 4 nitrogen and oxygen atoms in total. The third-order valence-electron chi connectivity index (χ3n) is 2.86. The van der Waals surface area contributed by atoms with Gasteiger partial charge >= 0.3 is 0 Å². The quantitative estimate of drug-likeness (QED) is 0.678. The molecular formula is C11H22N2O2. The number of ether oxygens (including phenoxy) is 1. The van der Waals surface area contributed by atoms with Crippen molar-refractivity contribution >= 4 is 5.91 Å². The number of rotatable bonds is 6. The third kappa shape index (κ3) is 4.18. The van der Waals surface area contributed by atoms with Gasteiger partial charge in [0.15, 0.2) is 0 Å². The molecule has 0 spiro atoms. The van der Waals surface area contributed by atoms with Crippen LogP contribution < -0.4 is 10.6 Å². The van der Waals surface area contributed by atoms with Crippen LogP contribution in [0.15, 0.2) is 0 Å². The maximum atomic E-state index is 11.0. The second-order valence-corrected chi connectivity index (χ2v) is 4.52. The molecule has 1 fully saturated rings. The zero-order valence-corrected chi connectivity index (χ0v) is 9.88. The van der Waals surface area contributed by atoms with E-state index in [9.17, 15) is 4.79 Å². The molecule has 0 aliphatic carbocycles. The topological polar surface area (TPSA) is 50.4 Å². The predicted octanol–water partition coefficient (Wildman–Crippen LogP) is 0.526. The van der Waals surface area contributed by atoms with Crippen molar-refractivity contribution in [3.63, 3.8) is 0 Å². The standard InChI is InChI=1S/C11H22N2O2/c1-8(2)10(7-15-3)12-6-9-4-5-11(14)13-9/h8-10,12H,4-7H2,1-3H3,(H,13,14). The minimum atomic E-state index is 0.176. The van der Waals surface area contributed by atoms with Crippen LogP contribution in [0, 0.1) is 5.92 Å². The molecule has 88 valence electrons. The van der Waals surface area contributed by atoms with Crippen LogP contribution in [-0.2, 0) is 9.53 Å². The van der Waals surface area contributed by atoms with Crippen molar-refractivity contribution in [3.8, 4) is 0 Å². The summed E-state index contributed by atoms with van der Waals surface area (Å²) >= 11 is 0. The molecule has 0 aromatic carbocycles. The van der Waals surface area contributed by atoms with E-state index in [1.54, 1.807) is 7.11 Å². The molecular weight excluding hydrogens is 192 g/mol. The first kappa shape index (κ1) is 12.5. The van der Waals surface area contributed by atoms with E-state index in [1.807, 2.05) is 0 Å². The van der Waals surface area contributed by atoms with E-state index in [0.717, 1.165) is 19.6 Å². The van der Waals surface area contributed by atoms with Gasteiger partial charge in [0.1, 0.15) is 0 Å². The van der Waals surface area contributed by atoms with Crippen LogP contribution in [0.3, 0.4) is 0 Å². The van der Waals surface area contributed by atoms with E-state index in [0.29, 0.717) is 24.4 Å². The van der Waals surface area contributed by atoms with Gasteiger partial charge in [-0.05, 0) is 12.3 Å². The fourth-order valence-corrected chi connectivity index (χ4v) is 1.79. The molecule has 1 aliphatic rings. The van der Waals surface area contributed by atoms with Gasteiger partial charge in [-0.15, -0.1) is 0 Å². The molecule has 0 bridgehead atoms. The molecule has 0 aromatic heterocycles. The van der Waals surface area contributed by atoms with Crippen LogP contribution in [0.4, 0.5) is 0 Å². The summed E-state index contributed by atoms with van der Waals surface area (Å²) in [6.45, 7) is 5.91. The van der Waals surface area contributed by atoms with E-state index in [1.165, 1.54) is 0 Å². The molecule has 0 aromatic rings. The first-order valence-electron chi connectivity index (χ1n) is 5.65. The largest absolute Gasteiger partial charge is 0.383 e. The van der Waals surface area contributed by atoms with Crippen molar-refractivity contribution in [3.05, 3.63) is 0 Å². The average molecular weight is 214 g/mol. The lowest BCUT2D eigenvalue weighted by molar-refractivity contribution is -0.119. The van der Waals surface area contributed by atoms with E-state index in [-0.39, 0.29) is 5.91 Å². The first-order chi connectivity index (χ1) is 7.13. The number of amides is 1. The van der Waals surface area contributed by atoms with E-state index >= 15 is 0 Å². The number of hydrogen-bond donors (Lipinski definition) is 2. The van der Waals surface area contributed by atoms with Gasteiger partial charge in [-0.3, -0.25) is 4.79 Å². The molecule has 15 heavy (non-hydrogen) atoms. The molecule has 1 heterocycles. The van der Waals surface area contributed by atoms with Gasteiger partial charge in [-0.2, -0.15) is 0 Å². The fraction of sp³-hybridized carbons (Fsp3) is 0.909. The Hall–Kier alpha value is -0.610. The van der Waals surface area contributed by atoms with E-state index in [2.05, 4.69) is 24.5 Å². The number of methoxy groups -OCH3 is 1. The van der Waals surface area contributed by atoms with Crippen molar-refractivity contribution in [2.24, 2.45) is 5.92 Å². The van der Waals surface area contributed by atoms with Crippen LogP contribution in [0.5, 0.6) is 0 Å². The summed E-state index contributed by atoms with van der Waals surface area (Å²) in [5, 5.41) is 6.39. The Bertz CT molecular complexity index is 207. The molecule has 1 amide bonds. The minimum absolute atomic E-state index is 0.176. The average Bonchev–Trinajstić information content (AvgIpc) is 2.58. The van der Waals surface area contributed by atoms with Crippen molar-refractivity contribution in [2.75, 3.05) is 20.3 Å². The normalized spacial score (nSPS) is 23.2. The third-order valence-corrected chi connectivity index (χ3v) is 2.86. The Morgan fingerprint density at radius 1 is 1.60 bits per heavy atom. The van der Waals surface area contributed by atoms with Crippen LogP contribution >= 0.6 is 0 Å². The molecule has 2 N–H and O–H groups in total. The van der Waals surface area contributed by atoms with Gasteiger partial charge in [0, 0.05) is 32.2 Å². The summed E-state index contributed by atoms with van der Waals surface area (Å²) in [5.41, 5.74) is 0. The highest BCUT2D eigenvalue weighted by Gasteiger charge is 2.22. The van der Waals surface area contributed by atoms with Crippen molar-refractivity contribution < 1.29 is 9.53 Å². The second kappa shape index (κ2) is 6.08. The number of nitrogens with one attached hydrogen (secondary N) is 2. The number of hydrogen-bond acceptors (Lipinski definition) is 3. The van der Waals surface area contributed by atoms with Crippen molar-refractivity contribution in [1.29, 1.82) is 0 Å².